The number of hydrogen-bond acceptors (Lipinski definition) is 5. The molecule has 3 aliphatic rings. The van der Waals surface area contributed by atoms with Gasteiger partial charge in [-0.25, -0.2) is 9.50 Å². The quantitative estimate of drug-likeness (QED) is 0.435. The lowest BCUT2D eigenvalue weighted by Gasteiger charge is -2.49. The van der Waals surface area contributed by atoms with Crippen molar-refractivity contribution in [2.75, 3.05) is 13.1 Å². The van der Waals surface area contributed by atoms with Gasteiger partial charge in [0, 0.05) is 40.5 Å². The lowest BCUT2D eigenvalue weighted by atomic mass is 9.71. The minimum absolute atomic E-state index is 0.215. The van der Waals surface area contributed by atoms with E-state index in [1.165, 1.54) is 44.8 Å². The molecule has 0 radical (unpaired) electrons. The molecular weight excluding hydrogens is 444 g/mol. The van der Waals surface area contributed by atoms with E-state index in [0.29, 0.717) is 30.3 Å². The molecule has 7 rings (SSSR count). The average Bonchev–Trinajstić information content (AvgIpc) is 3.48. The molecule has 3 atom stereocenters. The third kappa shape index (κ3) is 3.30. The molecule has 6 heterocycles. The maximum Gasteiger partial charge on any atom is 0.231 e. The molecule has 3 unspecified atom stereocenters. The van der Waals surface area contributed by atoms with Crippen molar-refractivity contribution in [3.05, 3.63) is 40.2 Å². The number of carbonyl (C=O) groups is 1. The Morgan fingerprint density at radius 1 is 1.32 bits per heavy atom. The Kier molecular flexibility index (Phi) is 5.08. The summed E-state index contributed by atoms with van der Waals surface area (Å²) < 4.78 is 1.87. The number of amides is 1. The molecule has 4 aromatic heterocycles. The van der Waals surface area contributed by atoms with Crippen LogP contribution in [-0.4, -0.2) is 49.5 Å². The molecule has 0 aromatic carbocycles. The highest BCUT2D eigenvalue weighted by Crippen LogP contribution is 2.50. The summed E-state index contributed by atoms with van der Waals surface area (Å²) in [5, 5.41) is 5.76. The summed E-state index contributed by atoms with van der Waals surface area (Å²) in [5.41, 5.74) is 12.7. The molecular formula is C26H32N6OS. The van der Waals surface area contributed by atoms with Gasteiger partial charge in [-0.05, 0) is 67.7 Å². The monoisotopic (exact) mass is 476 g/mol. The second-order valence-electron chi connectivity index (χ2n) is 10.6. The van der Waals surface area contributed by atoms with Gasteiger partial charge < -0.3 is 10.7 Å². The Bertz CT molecular complexity index is 1410. The van der Waals surface area contributed by atoms with Gasteiger partial charge in [0.05, 0.1) is 12.2 Å². The first-order valence-corrected chi connectivity index (χ1v) is 13.1. The zero-order valence-corrected chi connectivity index (χ0v) is 21.1. The van der Waals surface area contributed by atoms with Crippen LogP contribution < -0.4 is 5.73 Å². The molecule has 2 aliphatic heterocycles. The summed E-state index contributed by atoms with van der Waals surface area (Å²) in [4.78, 5) is 25.0. The van der Waals surface area contributed by atoms with Crippen molar-refractivity contribution in [1.29, 1.82) is 0 Å². The molecule has 34 heavy (non-hydrogen) atoms. The summed E-state index contributed by atoms with van der Waals surface area (Å²) in [6, 6.07) is 2.63. The average molecular weight is 477 g/mol. The highest BCUT2D eigenvalue weighted by Gasteiger charge is 2.43. The fraction of sp³-hybridized carbons (Fsp3) is 0.500. The van der Waals surface area contributed by atoms with Crippen molar-refractivity contribution >= 4 is 33.1 Å². The first-order valence-electron chi connectivity index (χ1n) is 12.3. The lowest BCUT2D eigenvalue weighted by Crippen LogP contribution is -2.54. The number of rotatable bonds is 5. The molecule has 1 aliphatic carbocycles. The molecule has 3 N–H and O–H groups in total. The van der Waals surface area contributed by atoms with E-state index in [1.807, 2.05) is 15.9 Å². The molecule has 3 fully saturated rings. The number of thiophene rings is 1. The fourth-order valence-corrected chi connectivity index (χ4v) is 8.01. The number of primary amides is 1. The predicted octanol–water partition coefficient (Wildman–Crippen LogP) is 4.73. The first-order chi connectivity index (χ1) is 16.3. The van der Waals surface area contributed by atoms with Gasteiger partial charge >= 0.3 is 0 Å². The van der Waals surface area contributed by atoms with Crippen LogP contribution >= 0.6 is 11.3 Å². The number of fused-ring (bicyclic) bond motifs is 5. The fourth-order valence-electron chi connectivity index (χ4n) is 6.61. The topological polar surface area (TPSA) is 92.3 Å². The van der Waals surface area contributed by atoms with Crippen molar-refractivity contribution in [3.63, 3.8) is 0 Å². The number of nitrogens with two attached hydrogens (primary N) is 1. The number of nitrogens with one attached hydrogen (secondary N) is 1. The number of aromatic amines is 1. The number of aromatic nitrogens is 4. The lowest BCUT2D eigenvalue weighted by molar-refractivity contribution is -0.121. The Labute approximate surface area is 203 Å². The Hall–Kier alpha value is -2.71. The predicted molar refractivity (Wildman–Crippen MR) is 136 cm³/mol. The van der Waals surface area contributed by atoms with Crippen LogP contribution in [-0.2, 0) is 4.79 Å². The highest BCUT2D eigenvalue weighted by molar-refractivity contribution is 7.19. The van der Waals surface area contributed by atoms with Gasteiger partial charge in [0.25, 0.3) is 0 Å². The molecule has 178 valence electrons. The van der Waals surface area contributed by atoms with Gasteiger partial charge in [-0.3, -0.25) is 9.69 Å². The van der Waals surface area contributed by atoms with Gasteiger partial charge in [0.2, 0.25) is 5.91 Å². The van der Waals surface area contributed by atoms with E-state index < -0.39 is 0 Å². The van der Waals surface area contributed by atoms with Gasteiger partial charge in [-0.15, -0.1) is 11.3 Å². The summed E-state index contributed by atoms with van der Waals surface area (Å²) in [7, 11) is 0. The number of pyridine rings is 1. The second kappa shape index (κ2) is 7.92. The van der Waals surface area contributed by atoms with Crippen molar-refractivity contribution < 1.29 is 4.79 Å². The van der Waals surface area contributed by atoms with Gasteiger partial charge in [0.15, 0.2) is 5.65 Å². The molecule has 7 nitrogen and oxygen atoms in total. The van der Waals surface area contributed by atoms with Crippen LogP contribution in [0.3, 0.4) is 0 Å². The molecule has 1 saturated carbocycles. The zero-order valence-electron chi connectivity index (χ0n) is 20.3. The van der Waals surface area contributed by atoms with Gasteiger partial charge in [-0.1, -0.05) is 13.8 Å². The Morgan fingerprint density at radius 3 is 2.88 bits per heavy atom. The SMILES string of the molecule is Cc1c(C2CC3CCC2N(CC(N)=O)C3)sc2[nH]c(-c3cc(C)c4ncnn4c3)c(C(C)C)c12. The summed E-state index contributed by atoms with van der Waals surface area (Å²) in [6.07, 6.45) is 7.33. The van der Waals surface area contributed by atoms with Crippen LogP contribution in [0.4, 0.5) is 0 Å². The highest BCUT2D eigenvalue weighted by atomic mass is 32.1. The van der Waals surface area contributed by atoms with E-state index in [2.05, 4.69) is 59.9 Å². The number of H-pyrrole nitrogens is 1. The summed E-state index contributed by atoms with van der Waals surface area (Å²) in [6.45, 7) is 10.3. The number of aryl methyl sites for hydroxylation is 2. The van der Waals surface area contributed by atoms with Crippen LogP contribution in [0.2, 0.25) is 0 Å². The number of nitrogens with zero attached hydrogens (tertiary/aromatic N) is 4. The van der Waals surface area contributed by atoms with Crippen LogP contribution in [0.25, 0.3) is 27.1 Å². The van der Waals surface area contributed by atoms with Crippen LogP contribution in [0.5, 0.6) is 0 Å². The molecule has 2 saturated heterocycles. The molecule has 2 bridgehead atoms. The van der Waals surface area contributed by atoms with Crippen molar-refractivity contribution in [2.45, 2.75) is 64.8 Å². The number of hydrogen-bond donors (Lipinski definition) is 2. The zero-order chi connectivity index (χ0) is 23.7. The van der Waals surface area contributed by atoms with E-state index in [1.54, 1.807) is 6.33 Å². The molecule has 4 aromatic rings. The Balaban J connectivity index is 1.46. The van der Waals surface area contributed by atoms with E-state index in [0.717, 1.165) is 29.7 Å². The maximum atomic E-state index is 11.7. The van der Waals surface area contributed by atoms with E-state index >= 15 is 0 Å². The minimum atomic E-state index is -0.215. The van der Waals surface area contributed by atoms with E-state index in [-0.39, 0.29) is 5.91 Å². The third-order valence-corrected chi connectivity index (χ3v) is 9.31. The smallest absolute Gasteiger partial charge is 0.231 e. The molecule has 0 spiro atoms. The van der Waals surface area contributed by atoms with Gasteiger partial charge in [0.1, 0.15) is 11.2 Å². The van der Waals surface area contributed by atoms with Crippen LogP contribution in [0.15, 0.2) is 18.6 Å². The van der Waals surface area contributed by atoms with Crippen LogP contribution in [0, 0.1) is 19.8 Å². The molecule has 8 heteroatoms. The second-order valence-corrected chi connectivity index (χ2v) is 11.6. The van der Waals surface area contributed by atoms with Crippen molar-refractivity contribution in [2.24, 2.45) is 11.7 Å². The maximum absolute atomic E-state index is 11.7. The standard InChI is InChI=1S/C26H32N6OS/c1-13(2)21-22-15(4)24(18-8-16-5-6-19(18)31(9-16)11-20(27)33)34-26(22)30-23(21)17-7-14(3)25-28-12-29-32(25)10-17/h7,10,12-13,16,18-19,30H,5-6,8-9,11H2,1-4H3,(H2,27,33). The normalized spacial score (nSPS) is 23.0. The van der Waals surface area contributed by atoms with Gasteiger partial charge in [-0.2, -0.15) is 5.10 Å². The van der Waals surface area contributed by atoms with Crippen LogP contribution in [0.1, 0.15) is 66.5 Å². The van der Waals surface area contributed by atoms with E-state index in [4.69, 9.17) is 5.73 Å². The molecule has 1 amide bonds. The van der Waals surface area contributed by atoms with Crippen molar-refractivity contribution in [1.82, 2.24) is 24.5 Å². The van der Waals surface area contributed by atoms with Crippen molar-refractivity contribution in [3.8, 4) is 11.3 Å². The summed E-state index contributed by atoms with van der Waals surface area (Å²) in [5.74, 6) is 1.31. The number of piperidine rings is 2. The van der Waals surface area contributed by atoms with E-state index in [9.17, 15) is 4.79 Å². The Morgan fingerprint density at radius 2 is 2.15 bits per heavy atom. The largest absolute Gasteiger partial charge is 0.369 e. The minimum Gasteiger partial charge on any atom is -0.369 e. The third-order valence-electron chi connectivity index (χ3n) is 7.97. The number of carbonyl (C=O) groups excluding carboxylic acids is 1. The first kappa shape index (κ1) is 21.8. The summed E-state index contributed by atoms with van der Waals surface area (Å²) >= 11 is 1.91.